The van der Waals surface area contributed by atoms with Gasteiger partial charge in [0, 0.05) is 17.1 Å². The van der Waals surface area contributed by atoms with Gasteiger partial charge in [-0.05, 0) is 30.9 Å². The Morgan fingerprint density at radius 2 is 1.67 bits per heavy atom. The number of carbonyl (C=O) groups is 1. The second-order valence-electron chi connectivity index (χ2n) is 5.75. The van der Waals surface area contributed by atoms with Crippen LogP contribution in [-0.2, 0) is 4.79 Å². The molecule has 3 rings (SSSR count). The smallest absolute Gasteiger partial charge is 0.355 e. The molecule has 2 aromatic carbocycles. The highest BCUT2D eigenvalue weighted by molar-refractivity contribution is 7.99. The average molecular weight is 463 g/mol. The number of halogens is 4. The van der Waals surface area contributed by atoms with Crippen LogP contribution in [0.2, 0.25) is 5.02 Å². The molecule has 30 heavy (non-hydrogen) atoms. The Kier molecular flexibility index (Phi) is 16.1. The zero-order chi connectivity index (χ0) is 22.8. The first kappa shape index (κ1) is 28.3. The van der Waals surface area contributed by atoms with Gasteiger partial charge in [-0.3, -0.25) is 4.79 Å². The van der Waals surface area contributed by atoms with Crippen LogP contribution < -0.4 is 10.6 Å². The van der Waals surface area contributed by atoms with E-state index in [1.165, 1.54) is 7.05 Å². The normalized spacial score (nSPS) is 13.1. The van der Waals surface area contributed by atoms with E-state index >= 15 is 0 Å². The molecule has 1 aliphatic heterocycles. The SMILES string of the molecule is CC.CNCC(F)(F)F.Clc1ccccc1-c1ccccc1.O=C1CSCCCN1. The van der Waals surface area contributed by atoms with E-state index in [-0.39, 0.29) is 5.91 Å². The van der Waals surface area contributed by atoms with Crippen LogP contribution in [0.1, 0.15) is 20.3 Å². The fourth-order valence-electron chi connectivity index (χ4n) is 2.13. The summed E-state index contributed by atoms with van der Waals surface area (Å²) in [6, 6.07) is 18.0. The van der Waals surface area contributed by atoms with E-state index in [1.54, 1.807) is 11.8 Å². The number of nitrogens with one attached hydrogen (secondary N) is 2. The molecule has 1 heterocycles. The summed E-state index contributed by atoms with van der Waals surface area (Å²) in [7, 11) is 1.26. The molecule has 0 bridgehead atoms. The van der Waals surface area contributed by atoms with Crippen molar-refractivity contribution in [2.75, 3.05) is 31.6 Å². The predicted octanol–water partition coefficient (Wildman–Crippen LogP) is 6.04. The molecule has 0 aromatic heterocycles. The molecule has 2 N–H and O–H groups in total. The maximum Gasteiger partial charge on any atom is 0.401 e. The molecule has 0 spiro atoms. The van der Waals surface area contributed by atoms with Gasteiger partial charge in [0.25, 0.3) is 0 Å². The highest BCUT2D eigenvalue weighted by Crippen LogP contribution is 2.26. The molecule has 168 valence electrons. The molecule has 2 aromatic rings. The van der Waals surface area contributed by atoms with Gasteiger partial charge < -0.3 is 10.6 Å². The molecule has 0 radical (unpaired) electrons. The van der Waals surface area contributed by atoms with Gasteiger partial charge in [-0.2, -0.15) is 24.9 Å². The maximum absolute atomic E-state index is 11.0. The van der Waals surface area contributed by atoms with E-state index in [2.05, 4.69) is 17.4 Å². The average Bonchev–Trinajstić information content (AvgIpc) is 2.98. The number of thioether (sulfide) groups is 1. The first-order valence-electron chi connectivity index (χ1n) is 9.69. The second kappa shape index (κ2) is 17.0. The van der Waals surface area contributed by atoms with Gasteiger partial charge in [0.2, 0.25) is 5.91 Å². The third kappa shape index (κ3) is 14.3. The Morgan fingerprint density at radius 1 is 1.07 bits per heavy atom. The fraction of sp³-hybridized carbons (Fsp3) is 0.409. The topological polar surface area (TPSA) is 41.1 Å². The Bertz CT molecular complexity index is 690. The van der Waals surface area contributed by atoms with Crippen LogP contribution in [0.5, 0.6) is 0 Å². The first-order valence-corrected chi connectivity index (χ1v) is 11.2. The first-order chi connectivity index (χ1) is 14.3. The number of hydrogen-bond donors (Lipinski definition) is 2. The minimum atomic E-state index is -4.06. The van der Waals surface area contributed by atoms with Crippen molar-refractivity contribution in [1.82, 2.24) is 10.6 Å². The number of hydrogen-bond acceptors (Lipinski definition) is 3. The molecule has 1 aliphatic rings. The van der Waals surface area contributed by atoms with Crippen molar-refractivity contribution in [2.45, 2.75) is 26.4 Å². The van der Waals surface area contributed by atoms with Crippen molar-refractivity contribution in [2.24, 2.45) is 0 Å². The third-order valence-electron chi connectivity index (χ3n) is 3.36. The molecule has 8 heteroatoms. The van der Waals surface area contributed by atoms with Crippen LogP contribution in [0.3, 0.4) is 0 Å². The van der Waals surface area contributed by atoms with Crippen molar-refractivity contribution < 1.29 is 18.0 Å². The summed E-state index contributed by atoms with van der Waals surface area (Å²) >= 11 is 7.77. The van der Waals surface area contributed by atoms with Crippen LogP contribution in [0.15, 0.2) is 54.6 Å². The van der Waals surface area contributed by atoms with E-state index in [0.717, 1.165) is 34.9 Å². The lowest BCUT2D eigenvalue weighted by Crippen LogP contribution is -2.25. The summed E-state index contributed by atoms with van der Waals surface area (Å²) in [6.45, 7) is 3.96. The van der Waals surface area contributed by atoms with Crippen LogP contribution in [0.25, 0.3) is 11.1 Å². The van der Waals surface area contributed by atoms with Crippen LogP contribution in [0, 0.1) is 0 Å². The van der Waals surface area contributed by atoms with E-state index < -0.39 is 12.7 Å². The van der Waals surface area contributed by atoms with E-state index in [9.17, 15) is 18.0 Å². The molecule has 0 aliphatic carbocycles. The summed E-state index contributed by atoms with van der Waals surface area (Å²) in [4.78, 5) is 10.6. The molecule has 0 saturated carbocycles. The Hall–Kier alpha value is -1.70. The van der Waals surface area contributed by atoms with Gasteiger partial charge in [0.1, 0.15) is 0 Å². The number of carbonyl (C=O) groups excluding carboxylic acids is 1. The lowest BCUT2D eigenvalue weighted by molar-refractivity contribution is -0.123. The highest BCUT2D eigenvalue weighted by atomic mass is 35.5. The third-order valence-corrected chi connectivity index (χ3v) is 4.73. The molecule has 0 unspecified atom stereocenters. The molecule has 1 fully saturated rings. The Morgan fingerprint density at radius 3 is 2.20 bits per heavy atom. The van der Waals surface area contributed by atoms with Gasteiger partial charge in [0.05, 0.1) is 12.3 Å². The quantitative estimate of drug-likeness (QED) is 0.571. The Labute approximate surface area is 186 Å². The van der Waals surface area contributed by atoms with Gasteiger partial charge in [-0.15, -0.1) is 0 Å². The van der Waals surface area contributed by atoms with Gasteiger partial charge in [-0.1, -0.05) is 74.0 Å². The van der Waals surface area contributed by atoms with Crippen LogP contribution in [0.4, 0.5) is 13.2 Å². The van der Waals surface area contributed by atoms with E-state index in [1.807, 2.05) is 61.6 Å². The minimum Gasteiger partial charge on any atom is -0.355 e. The predicted molar refractivity (Wildman–Crippen MR) is 123 cm³/mol. The molecule has 3 nitrogen and oxygen atoms in total. The van der Waals surface area contributed by atoms with Gasteiger partial charge in [-0.25, -0.2) is 0 Å². The zero-order valence-corrected chi connectivity index (χ0v) is 19.1. The van der Waals surface area contributed by atoms with Gasteiger partial charge in [0.15, 0.2) is 0 Å². The largest absolute Gasteiger partial charge is 0.401 e. The van der Waals surface area contributed by atoms with Crippen molar-refractivity contribution in [1.29, 1.82) is 0 Å². The number of alkyl halides is 3. The Balaban J connectivity index is 0.000000430. The van der Waals surface area contributed by atoms with Crippen molar-refractivity contribution in [3.05, 3.63) is 59.6 Å². The van der Waals surface area contributed by atoms with Crippen LogP contribution in [-0.4, -0.2) is 43.7 Å². The lowest BCUT2D eigenvalue weighted by atomic mass is 10.1. The monoisotopic (exact) mass is 462 g/mol. The van der Waals surface area contributed by atoms with Gasteiger partial charge >= 0.3 is 6.18 Å². The highest BCUT2D eigenvalue weighted by Gasteiger charge is 2.24. The summed E-state index contributed by atoms with van der Waals surface area (Å²) in [5.74, 6) is 1.96. The second-order valence-corrected chi connectivity index (χ2v) is 7.26. The number of amides is 1. The van der Waals surface area contributed by atoms with Crippen molar-refractivity contribution in [3.8, 4) is 11.1 Å². The van der Waals surface area contributed by atoms with Crippen molar-refractivity contribution >= 4 is 29.3 Å². The lowest BCUT2D eigenvalue weighted by Gasteiger charge is -2.02. The summed E-state index contributed by atoms with van der Waals surface area (Å²) in [5, 5.41) is 5.57. The minimum absolute atomic E-state index is 0.188. The van der Waals surface area contributed by atoms with Crippen LogP contribution >= 0.6 is 23.4 Å². The number of rotatable bonds is 2. The van der Waals surface area contributed by atoms with Crippen molar-refractivity contribution in [3.63, 3.8) is 0 Å². The van der Waals surface area contributed by atoms with E-state index in [0.29, 0.717) is 5.75 Å². The fourth-order valence-corrected chi connectivity index (χ4v) is 3.16. The molecule has 1 saturated heterocycles. The standard InChI is InChI=1S/C12H9Cl.C5H9NOS.C3H6F3N.C2H6/c13-12-9-5-4-8-11(12)10-6-2-1-3-7-10;7-5-4-8-3-1-2-6-5;1-7-2-3(4,5)6;1-2/h1-9H;1-4H2,(H,6,7);7H,2H2,1H3;1-2H3. The number of benzene rings is 2. The molecular weight excluding hydrogens is 433 g/mol. The summed E-state index contributed by atoms with van der Waals surface area (Å²) < 4.78 is 33.0. The molecule has 1 amide bonds. The van der Waals surface area contributed by atoms with E-state index in [4.69, 9.17) is 11.6 Å². The molecular formula is C22H30ClF3N2OS. The zero-order valence-electron chi connectivity index (χ0n) is 17.6. The maximum atomic E-state index is 11.0. The summed E-state index contributed by atoms with van der Waals surface area (Å²) in [6.07, 6.45) is -2.94. The molecule has 0 atom stereocenters. The summed E-state index contributed by atoms with van der Waals surface area (Å²) in [5.41, 5.74) is 2.25.